The first-order valence-corrected chi connectivity index (χ1v) is 7.38. The van der Waals surface area contributed by atoms with Gasteiger partial charge in [0.2, 0.25) is 0 Å². The van der Waals surface area contributed by atoms with Crippen molar-refractivity contribution in [3.63, 3.8) is 0 Å². The summed E-state index contributed by atoms with van der Waals surface area (Å²) in [6.45, 7) is 3.69. The maximum absolute atomic E-state index is 11.7. The quantitative estimate of drug-likeness (QED) is 0.830. The average Bonchev–Trinajstić information content (AvgIpc) is 2.38. The lowest BCUT2D eigenvalue weighted by Crippen LogP contribution is -2.34. The van der Waals surface area contributed by atoms with Crippen molar-refractivity contribution < 1.29 is 9.53 Å². The highest BCUT2D eigenvalue weighted by Crippen LogP contribution is 2.21. The Labute approximate surface area is 120 Å². The van der Waals surface area contributed by atoms with Gasteiger partial charge in [0.15, 0.2) is 0 Å². The summed E-state index contributed by atoms with van der Waals surface area (Å²) in [5.74, 6) is -0.272. The number of hydrogen-bond acceptors (Lipinski definition) is 4. The monoisotopic (exact) mass is 276 g/mol. The molecule has 0 radical (unpaired) electrons. The van der Waals surface area contributed by atoms with E-state index in [1.54, 1.807) is 12.1 Å². The topological polar surface area (TPSA) is 64.3 Å². The third-order valence-corrected chi connectivity index (χ3v) is 3.55. The SMILES string of the molecule is CC(C)OC(=O)c1ccc(NC2CCCC(N)C2)cc1. The van der Waals surface area contributed by atoms with Crippen LogP contribution in [0.4, 0.5) is 5.69 Å². The van der Waals surface area contributed by atoms with E-state index in [9.17, 15) is 4.79 Å². The van der Waals surface area contributed by atoms with Gasteiger partial charge in [-0.2, -0.15) is 0 Å². The molecule has 1 aliphatic rings. The number of hydrogen-bond donors (Lipinski definition) is 2. The minimum atomic E-state index is -0.272. The van der Waals surface area contributed by atoms with Crippen LogP contribution in [-0.4, -0.2) is 24.2 Å². The van der Waals surface area contributed by atoms with E-state index >= 15 is 0 Å². The summed E-state index contributed by atoms with van der Waals surface area (Å²) < 4.78 is 5.16. The lowest BCUT2D eigenvalue weighted by molar-refractivity contribution is 0.0378. The lowest BCUT2D eigenvalue weighted by atomic mass is 9.91. The number of carbonyl (C=O) groups excluding carboxylic acids is 1. The van der Waals surface area contributed by atoms with Crippen LogP contribution in [0.2, 0.25) is 0 Å². The van der Waals surface area contributed by atoms with Gasteiger partial charge in [-0.3, -0.25) is 0 Å². The average molecular weight is 276 g/mol. The number of benzene rings is 1. The molecular formula is C16H24N2O2. The molecule has 1 aromatic rings. The first-order chi connectivity index (χ1) is 9.54. The van der Waals surface area contributed by atoms with Crippen molar-refractivity contribution in [1.29, 1.82) is 0 Å². The van der Waals surface area contributed by atoms with Crippen LogP contribution in [0, 0.1) is 0 Å². The molecule has 4 nitrogen and oxygen atoms in total. The fraction of sp³-hybridized carbons (Fsp3) is 0.562. The van der Waals surface area contributed by atoms with Gasteiger partial charge in [-0.25, -0.2) is 4.79 Å². The number of rotatable bonds is 4. The third kappa shape index (κ3) is 4.23. The predicted octanol–water partition coefficient (Wildman–Crippen LogP) is 2.93. The van der Waals surface area contributed by atoms with Crippen molar-refractivity contribution in [3.8, 4) is 0 Å². The molecule has 0 heterocycles. The van der Waals surface area contributed by atoms with Gasteiger partial charge in [0.25, 0.3) is 0 Å². The summed E-state index contributed by atoms with van der Waals surface area (Å²) in [6, 6.07) is 8.20. The Hall–Kier alpha value is -1.55. The van der Waals surface area contributed by atoms with E-state index in [4.69, 9.17) is 10.5 Å². The molecule has 0 bridgehead atoms. The Morgan fingerprint density at radius 2 is 2.00 bits per heavy atom. The van der Waals surface area contributed by atoms with Gasteiger partial charge < -0.3 is 15.8 Å². The number of nitrogens with two attached hydrogens (primary N) is 1. The number of nitrogens with one attached hydrogen (secondary N) is 1. The Bertz CT molecular complexity index is 442. The molecule has 110 valence electrons. The van der Waals surface area contributed by atoms with Crippen LogP contribution < -0.4 is 11.1 Å². The molecular weight excluding hydrogens is 252 g/mol. The zero-order valence-electron chi connectivity index (χ0n) is 12.3. The third-order valence-electron chi connectivity index (χ3n) is 3.55. The van der Waals surface area contributed by atoms with Crippen LogP contribution in [-0.2, 0) is 4.74 Å². The van der Waals surface area contributed by atoms with Crippen LogP contribution in [0.1, 0.15) is 49.9 Å². The standard InChI is InChI=1S/C16H24N2O2/c1-11(2)20-16(19)12-6-8-14(9-7-12)18-15-5-3-4-13(17)10-15/h6-9,11,13,15,18H,3-5,10,17H2,1-2H3. The Morgan fingerprint density at radius 1 is 1.30 bits per heavy atom. The fourth-order valence-corrected chi connectivity index (χ4v) is 2.58. The fourth-order valence-electron chi connectivity index (χ4n) is 2.58. The van der Waals surface area contributed by atoms with Gasteiger partial charge >= 0.3 is 5.97 Å². The van der Waals surface area contributed by atoms with Gasteiger partial charge in [-0.05, 0) is 63.8 Å². The predicted molar refractivity (Wildman–Crippen MR) is 80.8 cm³/mol. The molecule has 1 aliphatic carbocycles. The van der Waals surface area contributed by atoms with Crippen LogP contribution in [0.5, 0.6) is 0 Å². The van der Waals surface area contributed by atoms with Crippen molar-refractivity contribution in [2.75, 3.05) is 5.32 Å². The second-order valence-corrected chi connectivity index (χ2v) is 5.80. The summed E-state index contributed by atoms with van der Waals surface area (Å²) >= 11 is 0. The zero-order chi connectivity index (χ0) is 14.5. The van der Waals surface area contributed by atoms with E-state index in [1.165, 1.54) is 6.42 Å². The molecule has 0 aromatic heterocycles. The minimum Gasteiger partial charge on any atom is -0.459 e. The van der Waals surface area contributed by atoms with Crippen LogP contribution >= 0.6 is 0 Å². The number of esters is 1. The lowest BCUT2D eigenvalue weighted by Gasteiger charge is -2.28. The highest BCUT2D eigenvalue weighted by Gasteiger charge is 2.19. The molecule has 0 amide bonds. The van der Waals surface area contributed by atoms with Crippen molar-refractivity contribution in [2.45, 2.75) is 57.7 Å². The first-order valence-electron chi connectivity index (χ1n) is 7.38. The van der Waals surface area contributed by atoms with E-state index in [-0.39, 0.29) is 12.1 Å². The summed E-state index contributed by atoms with van der Waals surface area (Å²) in [5.41, 5.74) is 7.61. The molecule has 1 fully saturated rings. The van der Waals surface area contributed by atoms with Gasteiger partial charge in [-0.1, -0.05) is 0 Å². The largest absolute Gasteiger partial charge is 0.459 e. The first kappa shape index (κ1) is 14.9. The maximum Gasteiger partial charge on any atom is 0.338 e. The Kier molecular flexibility index (Phi) is 5.01. The molecule has 20 heavy (non-hydrogen) atoms. The van der Waals surface area contributed by atoms with Gasteiger partial charge in [0.1, 0.15) is 0 Å². The molecule has 3 N–H and O–H groups in total. The summed E-state index contributed by atoms with van der Waals surface area (Å²) in [4.78, 5) is 11.7. The van der Waals surface area contributed by atoms with E-state index in [0.717, 1.165) is 24.9 Å². The summed E-state index contributed by atoms with van der Waals surface area (Å²) in [7, 11) is 0. The molecule has 1 saturated carbocycles. The molecule has 1 aromatic carbocycles. The van der Waals surface area contributed by atoms with Crippen LogP contribution in [0.3, 0.4) is 0 Å². The van der Waals surface area contributed by atoms with Crippen LogP contribution in [0.25, 0.3) is 0 Å². The Balaban J connectivity index is 1.92. The van der Waals surface area contributed by atoms with Gasteiger partial charge in [0.05, 0.1) is 11.7 Å². The Morgan fingerprint density at radius 3 is 2.60 bits per heavy atom. The van der Waals surface area contributed by atoms with E-state index in [0.29, 0.717) is 17.6 Å². The molecule has 0 aliphatic heterocycles. The molecule has 2 unspecified atom stereocenters. The van der Waals surface area contributed by atoms with Crippen molar-refractivity contribution in [1.82, 2.24) is 0 Å². The van der Waals surface area contributed by atoms with Gasteiger partial charge in [-0.15, -0.1) is 0 Å². The van der Waals surface area contributed by atoms with Gasteiger partial charge in [0, 0.05) is 17.8 Å². The number of carbonyl (C=O) groups is 1. The van der Waals surface area contributed by atoms with E-state index in [1.807, 2.05) is 26.0 Å². The normalized spacial score (nSPS) is 22.6. The maximum atomic E-state index is 11.7. The highest BCUT2D eigenvalue weighted by atomic mass is 16.5. The van der Waals surface area contributed by atoms with Crippen molar-refractivity contribution in [3.05, 3.63) is 29.8 Å². The number of ether oxygens (including phenoxy) is 1. The molecule has 4 heteroatoms. The second-order valence-electron chi connectivity index (χ2n) is 5.80. The molecule has 0 saturated heterocycles. The zero-order valence-corrected chi connectivity index (χ0v) is 12.3. The molecule has 0 spiro atoms. The summed E-state index contributed by atoms with van der Waals surface area (Å²) in [6.07, 6.45) is 4.38. The smallest absolute Gasteiger partial charge is 0.338 e. The van der Waals surface area contributed by atoms with E-state index < -0.39 is 0 Å². The number of anilines is 1. The van der Waals surface area contributed by atoms with Crippen LogP contribution in [0.15, 0.2) is 24.3 Å². The van der Waals surface area contributed by atoms with Crippen molar-refractivity contribution in [2.24, 2.45) is 5.73 Å². The van der Waals surface area contributed by atoms with E-state index in [2.05, 4.69) is 5.32 Å². The minimum absolute atomic E-state index is 0.0935. The highest BCUT2D eigenvalue weighted by molar-refractivity contribution is 5.89. The molecule has 2 atom stereocenters. The van der Waals surface area contributed by atoms with Crippen molar-refractivity contribution >= 4 is 11.7 Å². The second kappa shape index (κ2) is 6.75. The summed E-state index contributed by atoms with van der Waals surface area (Å²) in [5, 5.41) is 3.49. The molecule has 2 rings (SSSR count).